The molecule has 5 rings (SSSR count). The van der Waals surface area contributed by atoms with Crippen molar-refractivity contribution in [1.82, 2.24) is 14.5 Å². The lowest BCUT2D eigenvalue weighted by molar-refractivity contribution is -0.384. The second-order valence-corrected chi connectivity index (χ2v) is 10.1. The molecule has 2 heterocycles. The van der Waals surface area contributed by atoms with Gasteiger partial charge in [0.05, 0.1) is 16.0 Å². The zero-order chi connectivity index (χ0) is 25.1. The Labute approximate surface area is 210 Å². The molecule has 2 aromatic carbocycles. The van der Waals surface area contributed by atoms with Gasteiger partial charge in [-0.15, -0.1) is 0 Å². The fourth-order valence-corrected chi connectivity index (χ4v) is 5.60. The second-order valence-electron chi connectivity index (χ2n) is 10.1. The molecule has 0 radical (unpaired) electrons. The summed E-state index contributed by atoms with van der Waals surface area (Å²) in [5, 5.41) is 23.7. The van der Waals surface area contributed by atoms with Crippen LogP contribution < -0.4 is 5.32 Å². The number of nitro benzene ring substituents is 1. The minimum absolute atomic E-state index is 0.124. The number of carbonyl (C=O) groups is 1. The molecule has 9 nitrogen and oxygen atoms in total. The van der Waals surface area contributed by atoms with Crippen molar-refractivity contribution >= 4 is 28.6 Å². The Morgan fingerprint density at radius 1 is 1.08 bits per heavy atom. The maximum atomic E-state index is 13.1. The first-order chi connectivity index (χ1) is 17.5. The van der Waals surface area contributed by atoms with Gasteiger partial charge in [0.25, 0.3) is 11.6 Å². The Morgan fingerprint density at radius 3 is 2.58 bits per heavy atom. The summed E-state index contributed by atoms with van der Waals surface area (Å²) in [5.41, 5.74) is 3.11. The molecule has 2 fully saturated rings. The lowest BCUT2D eigenvalue weighted by Crippen LogP contribution is -2.29. The molecule has 1 aliphatic carbocycles. The number of anilines is 1. The maximum absolute atomic E-state index is 13.1. The van der Waals surface area contributed by atoms with Crippen LogP contribution in [0.3, 0.4) is 0 Å². The molecule has 9 heteroatoms. The summed E-state index contributed by atoms with van der Waals surface area (Å²) in [6.45, 7) is 3.32. The van der Waals surface area contributed by atoms with Crippen LogP contribution in [0.15, 0.2) is 42.5 Å². The van der Waals surface area contributed by atoms with E-state index >= 15 is 0 Å². The average molecular weight is 492 g/mol. The van der Waals surface area contributed by atoms with E-state index in [1.807, 2.05) is 0 Å². The van der Waals surface area contributed by atoms with Crippen LogP contribution in [-0.2, 0) is 6.54 Å². The molecule has 0 unspecified atom stereocenters. The van der Waals surface area contributed by atoms with E-state index in [2.05, 4.69) is 33.0 Å². The fraction of sp³-hybridized carbons (Fsp3) is 0.481. The summed E-state index contributed by atoms with van der Waals surface area (Å²) in [5.74, 6) is 0.354. The molecule has 0 spiro atoms. The number of likely N-dealkylation sites (tertiary alicyclic amines) is 1. The number of amides is 1. The lowest BCUT2D eigenvalue weighted by atomic mass is 9.86. The summed E-state index contributed by atoms with van der Waals surface area (Å²) in [6.07, 6.45) is 7.41. The van der Waals surface area contributed by atoms with Crippen molar-refractivity contribution in [2.75, 3.05) is 25.0 Å². The first kappa shape index (κ1) is 24.4. The van der Waals surface area contributed by atoms with Crippen LogP contribution >= 0.6 is 0 Å². The van der Waals surface area contributed by atoms with Crippen LogP contribution in [-0.4, -0.2) is 50.1 Å². The van der Waals surface area contributed by atoms with Gasteiger partial charge in [0.15, 0.2) is 0 Å². The van der Waals surface area contributed by atoms with Crippen LogP contribution in [0.25, 0.3) is 11.0 Å². The molecule has 2 N–H and O–H groups in total. The molecule has 0 atom stereocenters. The Kier molecular flexibility index (Phi) is 7.29. The van der Waals surface area contributed by atoms with Gasteiger partial charge in [0, 0.05) is 36.9 Å². The van der Waals surface area contributed by atoms with E-state index in [1.54, 1.807) is 6.07 Å². The van der Waals surface area contributed by atoms with Gasteiger partial charge in [0.2, 0.25) is 5.95 Å². The topological polar surface area (TPSA) is 114 Å². The number of non-ortho nitro benzene ring substituents is 1. The summed E-state index contributed by atoms with van der Waals surface area (Å²) < 4.78 is 2.11. The van der Waals surface area contributed by atoms with Crippen LogP contribution in [0.1, 0.15) is 66.9 Å². The first-order valence-corrected chi connectivity index (χ1v) is 12.9. The van der Waals surface area contributed by atoms with Crippen molar-refractivity contribution in [3.8, 4) is 0 Å². The van der Waals surface area contributed by atoms with Crippen molar-refractivity contribution in [2.45, 2.75) is 57.5 Å². The summed E-state index contributed by atoms with van der Waals surface area (Å²) in [4.78, 5) is 31.1. The molecule has 1 saturated carbocycles. The minimum atomic E-state index is -0.504. The maximum Gasteiger partial charge on any atom is 0.270 e. The van der Waals surface area contributed by atoms with Crippen molar-refractivity contribution < 1.29 is 14.8 Å². The van der Waals surface area contributed by atoms with Crippen molar-refractivity contribution in [1.29, 1.82) is 0 Å². The molecule has 0 bridgehead atoms. The molecule has 36 heavy (non-hydrogen) atoms. The van der Waals surface area contributed by atoms with Crippen molar-refractivity contribution in [3.63, 3.8) is 0 Å². The number of piperidine rings is 1. The van der Waals surface area contributed by atoms with Gasteiger partial charge in [0.1, 0.15) is 0 Å². The number of aliphatic hydroxyl groups is 1. The third kappa shape index (κ3) is 5.27. The highest BCUT2D eigenvalue weighted by Crippen LogP contribution is 2.37. The Bertz CT molecular complexity index is 1240. The van der Waals surface area contributed by atoms with Gasteiger partial charge in [-0.3, -0.25) is 25.1 Å². The average Bonchev–Trinajstić information content (AvgIpc) is 3.26. The quantitative estimate of drug-likeness (QED) is 0.359. The highest BCUT2D eigenvalue weighted by atomic mass is 16.6. The summed E-state index contributed by atoms with van der Waals surface area (Å²) in [7, 11) is 0. The highest BCUT2D eigenvalue weighted by Gasteiger charge is 2.27. The molecule has 1 aliphatic heterocycles. The van der Waals surface area contributed by atoms with Gasteiger partial charge < -0.3 is 9.67 Å². The predicted molar refractivity (Wildman–Crippen MR) is 138 cm³/mol. The van der Waals surface area contributed by atoms with E-state index in [1.165, 1.54) is 43.0 Å². The molecule has 190 valence electrons. The molecular weight excluding hydrogens is 458 g/mol. The van der Waals surface area contributed by atoms with E-state index in [0.717, 1.165) is 56.4 Å². The number of nitrogens with one attached hydrogen (secondary N) is 1. The largest absolute Gasteiger partial charge is 0.396 e. The van der Waals surface area contributed by atoms with Crippen molar-refractivity contribution in [3.05, 3.63) is 63.7 Å². The van der Waals surface area contributed by atoms with Gasteiger partial charge in [-0.2, -0.15) is 0 Å². The summed E-state index contributed by atoms with van der Waals surface area (Å²) >= 11 is 0. The number of hydrogen-bond donors (Lipinski definition) is 2. The van der Waals surface area contributed by atoms with Gasteiger partial charge in [-0.25, -0.2) is 4.98 Å². The molecule has 2 aliphatic rings. The van der Waals surface area contributed by atoms with Gasteiger partial charge in [-0.05, 0) is 81.3 Å². The lowest BCUT2D eigenvalue weighted by Gasteiger charge is -2.29. The molecule has 1 aromatic heterocycles. The zero-order valence-corrected chi connectivity index (χ0v) is 20.4. The van der Waals surface area contributed by atoms with Crippen LogP contribution in [0.4, 0.5) is 11.6 Å². The summed E-state index contributed by atoms with van der Waals surface area (Å²) in [6, 6.07) is 12.3. The number of benzene rings is 2. The number of carbonyl (C=O) groups excluding carboxylic acids is 1. The first-order valence-electron chi connectivity index (χ1n) is 12.9. The highest BCUT2D eigenvalue weighted by molar-refractivity contribution is 6.04. The Morgan fingerprint density at radius 2 is 1.86 bits per heavy atom. The normalized spacial score (nSPS) is 20.9. The minimum Gasteiger partial charge on any atom is -0.396 e. The van der Waals surface area contributed by atoms with Gasteiger partial charge >= 0.3 is 0 Å². The molecule has 1 saturated heterocycles. The number of hydrogen-bond acceptors (Lipinski definition) is 6. The smallest absolute Gasteiger partial charge is 0.270 e. The number of aliphatic hydroxyl groups excluding tert-OH is 1. The van der Waals surface area contributed by atoms with E-state index in [9.17, 15) is 20.0 Å². The van der Waals surface area contributed by atoms with Gasteiger partial charge in [-0.1, -0.05) is 18.6 Å². The fourth-order valence-electron chi connectivity index (χ4n) is 5.60. The monoisotopic (exact) mass is 491 g/mol. The molecule has 3 aromatic rings. The standard InChI is InChI=1S/C27H33N5O4/c33-18-19-7-10-22(11-8-19)31-25-12-9-20(17-30-13-2-1-3-14-30)15-24(25)28-27(31)29-26(34)21-5-4-6-23(16-21)32(35)36/h4-6,9,12,15-16,19,22,33H,1-3,7-8,10-11,13-14,17-18H2,(H,28,29,34). The van der Waals surface area contributed by atoms with E-state index in [0.29, 0.717) is 11.9 Å². The number of imidazole rings is 1. The number of rotatable bonds is 7. The Hall–Kier alpha value is -3.30. The van der Waals surface area contributed by atoms with Crippen LogP contribution in [0.2, 0.25) is 0 Å². The number of nitrogens with zero attached hydrogens (tertiary/aromatic N) is 4. The second kappa shape index (κ2) is 10.8. The number of fused-ring (bicyclic) bond motifs is 1. The predicted octanol–water partition coefficient (Wildman–Crippen LogP) is 4.91. The SMILES string of the molecule is O=C(Nc1nc2cc(CN3CCCCC3)ccc2n1C1CCC(CO)CC1)c1cccc([N+](=O)[O-])c1. The third-order valence-electron chi connectivity index (χ3n) is 7.59. The van der Waals surface area contributed by atoms with Crippen LogP contribution in [0.5, 0.6) is 0 Å². The van der Waals surface area contributed by atoms with E-state index in [4.69, 9.17) is 4.98 Å². The van der Waals surface area contributed by atoms with E-state index in [-0.39, 0.29) is 23.9 Å². The third-order valence-corrected chi connectivity index (χ3v) is 7.59. The molecule has 1 amide bonds. The Balaban J connectivity index is 1.46. The molecular formula is C27H33N5O4. The van der Waals surface area contributed by atoms with E-state index < -0.39 is 10.8 Å². The zero-order valence-electron chi connectivity index (χ0n) is 20.4. The number of aromatic nitrogens is 2. The number of nitro groups is 1. The van der Waals surface area contributed by atoms with Crippen LogP contribution in [0, 0.1) is 16.0 Å². The van der Waals surface area contributed by atoms with Crippen molar-refractivity contribution in [2.24, 2.45) is 5.92 Å².